The summed E-state index contributed by atoms with van der Waals surface area (Å²) in [4.78, 5) is 0.137. The van der Waals surface area contributed by atoms with E-state index in [1.807, 2.05) is 0 Å². The van der Waals surface area contributed by atoms with Crippen LogP contribution in [0.25, 0.3) is 0 Å². The first kappa shape index (κ1) is 5.26. The number of alkyl halides is 2. The van der Waals surface area contributed by atoms with E-state index in [1.54, 1.807) is 0 Å². The average Bonchev–Trinajstić information content (AvgIpc) is 2.12. The normalized spacial score (nSPS) is 75.3. The molecule has 0 heterocycles. The zero-order chi connectivity index (χ0) is 6.28. The Morgan fingerprint density at radius 2 is 1.67 bits per heavy atom. The van der Waals surface area contributed by atoms with E-state index in [9.17, 15) is 0 Å². The van der Waals surface area contributed by atoms with Gasteiger partial charge in [-0.05, 0) is 25.2 Å². The minimum absolute atomic E-state index is 0.0687. The molecular formula is C7H8Cl2. The quantitative estimate of drug-likeness (QED) is 0.481. The summed E-state index contributed by atoms with van der Waals surface area (Å²) in [5.41, 5.74) is 0. The molecule has 0 amide bonds. The fourth-order valence-electron chi connectivity index (χ4n) is 3.02. The van der Waals surface area contributed by atoms with E-state index in [2.05, 4.69) is 0 Å². The fraction of sp³-hybridized carbons (Fsp3) is 1.00. The van der Waals surface area contributed by atoms with Gasteiger partial charge in [0.05, 0.1) is 9.75 Å². The van der Waals surface area contributed by atoms with Crippen molar-refractivity contribution in [1.82, 2.24) is 0 Å². The van der Waals surface area contributed by atoms with Crippen molar-refractivity contribution in [2.75, 3.05) is 0 Å². The number of rotatable bonds is 0. The van der Waals surface area contributed by atoms with Gasteiger partial charge in [0.25, 0.3) is 0 Å². The van der Waals surface area contributed by atoms with Crippen LogP contribution in [0, 0.1) is 11.8 Å². The van der Waals surface area contributed by atoms with Crippen LogP contribution < -0.4 is 0 Å². The van der Waals surface area contributed by atoms with E-state index in [1.165, 1.54) is 19.3 Å². The van der Waals surface area contributed by atoms with E-state index in [0.717, 1.165) is 5.92 Å². The van der Waals surface area contributed by atoms with Crippen molar-refractivity contribution in [3.63, 3.8) is 0 Å². The maximum Gasteiger partial charge on any atom is 0.0689 e. The van der Waals surface area contributed by atoms with Gasteiger partial charge < -0.3 is 0 Å². The van der Waals surface area contributed by atoms with E-state index in [-0.39, 0.29) is 9.75 Å². The molecule has 0 spiro atoms. The fourth-order valence-corrected chi connectivity index (χ4v) is 4.37. The Kier molecular flexibility index (Phi) is 0.619. The third kappa shape index (κ3) is 0.329. The van der Waals surface area contributed by atoms with Gasteiger partial charge >= 0.3 is 0 Å². The molecule has 4 bridgehead atoms. The maximum absolute atomic E-state index is 6.24. The topological polar surface area (TPSA) is 0 Å². The van der Waals surface area contributed by atoms with Gasteiger partial charge in [-0.25, -0.2) is 0 Å². The molecular weight excluding hydrogens is 155 g/mol. The van der Waals surface area contributed by atoms with Crippen LogP contribution in [0.5, 0.6) is 0 Å². The highest BCUT2D eigenvalue weighted by molar-refractivity contribution is 6.41. The molecule has 9 heavy (non-hydrogen) atoms. The van der Waals surface area contributed by atoms with Crippen molar-refractivity contribution in [3.8, 4) is 0 Å². The lowest BCUT2D eigenvalue weighted by molar-refractivity contribution is 0.606. The van der Waals surface area contributed by atoms with Crippen LogP contribution in [0.2, 0.25) is 0 Å². The number of hydrogen-bond acceptors (Lipinski definition) is 0. The van der Waals surface area contributed by atoms with Gasteiger partial charge in [-0.1, -0.05) is 0 Å². The largest absolute Gasteiger partial charge is 0.117 e. The summed E-state index contributed by atoms with van der Waals surface area (Å²) < 4.78 is 0. The zero-order valence-electron chi connectivity index (χ0n) is 5.03. The minimum atomic E-state index is 0.0687. The van der Waals surface area contributed by atoms with Gasteiger partial charge in [0.15, 0.2) is 0 Å². The molecule has 0 aliphatic heterocycles. The molecule has 0 N–H and O–H groups in total. The molecule has 2 atom stereocenters. The predicted molar refractivity (Wildman–Crippen MR) is 38.0 cm³/mol. The SMILES string of the molecule is ClC12CC3CC1C2(Cl)C3. The molecule has 2 heteroatoms. The third-order valence-electron chi connectivity index (χ3n) is 3.45. The molecule has 0 aromatic rings. The van der Waals surface area contributed by atoms with Crippen LogP contribution in [0.1, 0.15) is 19.3 Å². The van der Waals surface area contributed by atoms with Crippen LogP contribution in [-0.2, 0) is 0 Å². The molecule has 4 rings (SSSR count). The maximum atomic E-state index is 6.24. The van der Waals surface area contributed by atoms with Crippen LogP contribution >= 0.6 is 23.2 Å². The highest BCUT2D eigenvalue weighted by atomic mass is 35.5. The Morgan fingerprint density at radius 3 is 1.78 bits per heavy atom. The van der Waals surface area contributed by atoms with E-state index in [0.29, 0.717) is 5.92 Å². The molecule has 0 radical (unpaired) electrons. The van der Waals surface area contributed by atoms with Crippen molar-refractivity contribution in [1.29, 1.82) is 0 Å². The second-order valence-electron chi connectivity index (χ2n) is 3.79. The highest BCUT2D eigenvalue weighted by Crippen LogP contribution is 2.81. The minimum Gasteiger partial charge on any atom is -0.117 e. The van der Waals surface area contributed by atoms with Crippen LogP contribution in [0.4, 0.5) is 0 Å². The van der Waals surface area contributed by atoms with Gasteiger partial charge in [0.2, 0.25) is 0 Å². The highest BCUT2D eigenvalue weighted by Gasteiger charge is 2.84. The molecule has 4 fully saturated rings. The van der Waals surface area contributed by atoms with Crippen LogP contribution in [-0.4, -0.2) is 9.75 Å². The van der Waals surface area contributed by atoms with Gasteiger partial charge in [0.1, 0.15) is 0 Å². The second kappa shape index (κ2) is 1.06. The Bertz CT molecular complexity index is 173. The molecule has 4 saturated carbocycles. The van der Waals surface area contributed by atoms with Crippen LogP contribution in [0.15, 0.2) is 0 Å². The number of hydrogen-bond donors (Lipinski definition) is 0. The van der Waals surface area contributed by atoms with Crippen molar-refractivity contribution >= 4 is 23.2 Å². The Labute approximate surface area is 64.5 Å². The number of halogens is 2. The van der Waals surface area contributed by atoms with E-state index < -0.39 is 0 Å². The predicted octanol–water partition coefficient (Wildman–Crippen LogP) is 2.39. The van der Waals surface area contributed by atoms with Crippen LogP contribution in [0.3, 0.4) is 0 Å². The Balaban J connectivity index is 2.18. The standard InChI is InChI=1S/C7H8Cl2/c8-6-2-4-1-5(6)7(6,9)3-4/h4-5H,1-3H2. The van der Waals surface area contributed by atoms with Gasteiger partial charge in [-0.3, -0.25) is 0 Å². The second-order valence-corrected chi connectivity index (χ2v) is 5.14. The summed E-state index contributed by atoms with van der Waals surface area (Å²) in [6, 6.07) is 0. The lowest BCUT2D eigenvalue weighted by Gasteiger charge is -1.98. The lowest BCUT2D eigenvalue weighted by Crippen LogP contribution is -2.03. The first-order valence-electron chi connectivity index (χ1n) is 3.55. The molecule has 50 valence electrons. The average molecular weight is 163 g/mol. The zero-order valence-corrected chi connectivity index (χ0v) is 6.54. The van der Waals surface area contributed by atoms with Crippen molar-refractivity contribution in [2.24, 2.45) is 11.8 Å². The summed E-state index contributed by atoms with van der Waals surface area (Å²) in [6.07, 6.45) is 3.71. The molecule has 4 aliphatic rings. The third-order valence-corrected chi connectivity index (χ3v) is 5.06. The van der Waals surface area contributed by atoms with Crippen molar-refractivity contribution in [3.05, 3.63) is 0 Å². The van der Waals surface area contributed by atoms with Gasteiger partial charge in [0, 0.05) is 5.92 Å². The van der Waals surface area contributed by atoms with Crippen molar-refractivity contribution in [2.45, 2.75) is 29.0 Å². The van der Waals surface area contributed by atoms with E-state index >= 15 is 0 Å². The molecule has 0 saturated heterocycles. The summed E-state index contributed by atoms with van der Waals surface area (Å²) in [5, 5.41) is 0. The molecule has 0 aromatic heterocycles. The smallest absolute Gasteiger partial charge is 0.0689 e. The molecule has 0 nitrogen and oxygen atoms in total. The first-order chi connectivity index (χ1) is 4.17. The first-order valence-corrected chi connectivity index (χ1v) is 4.30. The molecule has 2 unspecified atom stereocenters. The monoisotopic (exact) mass is 162 g/mol. The van der Waals surface area contributed by atoms with Gasteiger partial charge in [-0.2, -0.15) is 0 Å². The molecule has 0 aromatic carbocycles. The summed E-state index contributed by atoms with van der Waals surface area (Å²) in [7, 11) is 0. The van der Waals surface area contributed by atoms with Gasteiger partial charge in [-0.15, -0.1) is 23.2 Å². The Hall–Kier alpha value is 0.580. The molecule has 4 aliphatic carbocycles. The summed E-state index contributed by atoms with van der Waals surface area (Å²) in [6.45, 7) is 0. The summed E-state index contributed by atoms with van der Waals surface area (Å²) >= 11 is 12.5. The van der Waals surface area contributed by atoms with E-state index in [4.69, 9.17) is 23.2 Å². The van der Waals surface area contributed by atoms with Crippen molar-refractivity contribution < 1.29 is 0 Å². The summed E-state index contributed by atoms with van der Waals surface area (Å²) in [5.74, 6) is 1.56. The Morgan fingerprint density at radius 1 is 1.11 bits per heavy atom. The lowest BCUT2D eigenvalue weighted by atomic mass is 10.1.